The highest BCUT2D eigenvalue weighted by molar-refractivity contribution is 5.68. The van der Waals surface area contributed by atoms with E-state index in [1.165, 1.54) is 0 Å². The largest absolute Gasteiger partial charge is 0.444 e. The summed E-state index contributed by atoms with van der Waals surface area (Å²) < 4.78 is 5.32. The Morgan fingerprint density at radius 1 is 1.50 bits per heavy atom. The average Bonchev–Trinajstić information content (AvgIpc) is 2.75. The first-order chi connectivity index (χ1) is 8.22. The van der Waals surface area contributed by atoms with Crippen LogP contribution >= 0.6 is 0 Å². The lowest BCUT2D eigenvalue weighted by Crippen LogP contribution is -2.46. The van der Waals surface area contributed by atoms with Crippen molar-refractivity contribution in [2.75, 3.05) is 19.6 Å². The third kappa shape index (κ3) is 3.59. The molecule has 18 heavy (non-hydrogen) atoms. The van der Waals surface area contributed by atoms with E-state index in [2.05, 4.69) is 0 Å². The van der Waals surface area contributed by atoms with E-state index in [-0.39, 0.29) is 18.6 Å². The number of carbonyl (C=O) groups is 1. The van der Waals surface area contributed by atoms with Crippen LogP contribution in [-0.4, -0.2) is 46.9 Å². The molecule has 5 heteroatoms. The summed E-state index contributed by atoms with van der Waals surface area (Å²) in [6.45, 7) is 8.85. The zero-order valence-corrected chi connectivity index (χ0v) is 11.9. The van der Waals surface area contributed by atoms with Gasteiger partial charge in [0, 0.05) is 25.6 Å². The molecule has 1 amide bonds. The molecule has 1 saturated heterocycles. The van der Waals surface area contributed by atoms with Gasteiger partial charge in [-0.05, 0) is 33.6 Å². The maximum absolute atomic E-state index is 11.9. The summed E-state index contributed by atoms with van der Waals surface area (Å²) in [4.78, 5) is 13.6. The lowest BCUT2D eigenvalue weighted by molar-refractivity contribution is -0.0127. The van der Waals surface area contributed by atoms with Crippen molar-refractivity contribution in [3.8, 4) is 0 Å². The van der Waals surface area contributed by atoms with E-state index < -0.39 is 11.2 Å². The van der Waals surface area contributed by atoms with Crippen LogP contribution in [0.2, 0.25) is 0 Å². The fraction of sp³-hybridized carbons (Fsp3) is 0.923. The molecule has 0 spiro atoms. The minimum Gasteiger partial charge on any atom is -0.444 e. The molecule has 2 unspecified atom stereocenters. The van der Waals surface area contributed by atoms with Crippen LogP contribution in [0.1, 0.15) is 40.5 Å². The zero-order chi connectivity index (χ0) is 14.0. The third-order valence-corrected chi connectivity index (χ3v) is 3.57. The third-order valence-electron chi connectivity index (χ3n) is 3.57. The molecule has 0 bridgehead atoms. The van der Waals surface area contributed by atoms with Crippen LogP contribution in [-0.2, 0) is 4.74 Å². The summed E-state index contributed by atoms with van der Waals surface area (Å²) in [6, 6.07) is 0. The maximum Gasteiger partial charge on any atom is 0.410 e. The maximum atomic E-state index is 11.9. The Morgan fingerprint density at radius 3 is 2.56 bits per heavy atom. The highest BCUT2D eigenvalue weighted by Crippen LogP contribution is 2.30. The molecule has 0 aliphatic carbocycles. The standard InChI is InChI=1S/C13H26N2O3/c1-5-13(17,9-14)10-6-7-15(8-10)11(16)18-12(2,3)4/h10,17H,5-9,14H2,1-4H3. The Labute approximate surface area is 109 Å². The second-order valence-corrected chi connectivity index (χ2v) is 6.07. The SMILES string of the molecule is CCC(O)(CN)C1CCN(C(=O)OC(C)(C)C)C1. The molecule has 1 fully saturated rings. The molecule has 1 rings (SSSR count). The number of aliphatic hydroxyl groups is 1. The smallest absolute Gasteiger partial charge is 0.410 e. The van der Waals surface area contributed by atoms with Gasteiger partial charge in [0.15, 0.2) is 0 Å². The molecule has 1 aliphatic heterocycles. The van der Waals surface area contributed by atoms with Gasteiger partial charge in [0.25, 0.3) is 0 Å². The Morgan fingerprint density at radius 2 is 2.11 bits per heavy atom. The van der Waals surface area contributed by atoms with Crippen molar-refractivity contribution in [1.82, 2.24) is 4.90 Å². The number of amides is 1. The van der Waals surface area contributed by atoms with Gasteiger partial charge in [0.1, 0.15) is 5.60 Å². The molecule has 0 saturated carbocycles. The highest BCUT2D eigenvalue weighted by Gasteiger charge is 2.40. The Bertz CT molecular complexity index is 295. The molecule has 0 aromatic heterocycles. The molecular weight excluding hydrogens is 232 g/mol. The van der Waals surface area contributed by atoms with Crippen LogP contribution < -0.4 is 5.73 Å². The van der Waals surface area contributed by atoms with Crippen molar-refractivity contribution in [3.63, 3.8) is 0 Å². The van der Waals surface area contributed by atoms with Gasteiger partial charge in [-0.25, -0.2) is 4.79 Å². The summed E-state index contributed by atoms with van der Waals surface area (Å²) in [5, 5.41) is 10.4. The summed E-state index contributed by atoms with van der Waals surface area (Å²) in [7, 11) is 0. The number of hydrogen-bond donors (Lipinski definition) is 2. The predicted octanol–water partition coefficient (Wildman–Crippen LogP) is 1.34. The van der Waals surface area contributed by atoms with Gasteiger partial charge in [-0.1, -0.05) is 6.92 Å². The number of ether oxygens (including phenoxy) is 1. The predicted molar refractivity (Wildman–Crippen MR) is 70.2 cm³/mol. The molecular formula is C13H26N2O3. The molecule has 0 aromatic carbocycles. The Hall–Kier alpha value is -0.810. The van der Waals surface area contributed by atoms with Crippen LogP contribution in [0.25, 0.3) is 0 Å². The first-order valence-corrected chi connectivity index (χ1v) is 6.62. The van der Waals surface area contributed by atoms with Gasteiger partial charge in [0.05, 0.1) is 5.60 Å². The number of rotatable bonds is 3. The summed E-state index contributed by atoms with van der Waals surface area (Å²) >= 11 is 0. The van der Waals surface area contributed by atoms with Gasteiger partial charge >= 0.3 is 6.09 Å². The van der Waals surface area contributed by atoms with Crippen molar-refractivity contribution in [3.05, 3.63) is 0 Å². The monoisotopic (exact) mass is 258 g/mol. The van der Waals surface area contributed by atoms with Crippen LogP contribution in [0.3, 0.4) is 0 Å². The fourth-order valence-corrected chi connectivity index (χ4v) is 2.29. The summed E-state index contributed by atoms with van der Waals surface area (Å²) in [5.41, 5.74) is 4.29. The highest BCUT2D eigenvalue weighted by atomic mass is 16.6. The number of nitrogens with zero attached hydrogens (tertiary/aromatic N) is 1. The van der Waals surface area contributed by atoms with Crippen molar-refractivity contribution in [1.29, 1.82) is 0 Å². The van der Waals surface area contributed by atoms with Crippen molar-refractivity contribution in [2.45, 2.75) is 51.7 Å². The van der Waals surface area contributed by atoms with E-state index in [1.807, 2.05) is 27.7 Å². The van der Waals surface area contributed by atoms with Crippen LogP contribution in [0.5, 0.6) is 0 Å². The van der Waals surface area contributed by atoms with E-state index in [0.29, 0.717) is 19.5 Å². The van der Waals surface area contributed by atoms with Crippen molar-refractivity contribution < 1.29 is 14.6 Å². The van der Waals surface area contributed by atoms with E-state index >= 15 is 0 Å². The average molecular weight is 258 g/mol. The number of likely N-dealkylation sites (tertiary alicyclic amines) is 1. The van der Waals surface area contributed by atoms with Crippen LogP contribution in [0.4, 0.5) is 4.79 Å². The zero-order valence-electron chi connectivity index (χ0n) is 11.9. The molecule has 0 radical (unpaired) electrons. The first-order valence-electron chi connectivity index (χ1n) is 6.62. The van der Waals surface area contributed by atoms with Crippen LogP contribution in [0, 0.1) is 5.92 Å². The van der Waals surface area contributed by atoms with E-state index in [0.717, 1.165) is 6.42 Å². The number of hydrogen-bond acceptors (Lipinski definition) is 4. The van der Waals surface area contributed by atoms with E-state index in [9.17, 15) is 9.90 Å². The lowest BCUT2D eigenvalue weighted by Gasteiger charge is -2.32. The number of nitrogens with two attached hydrogens (primary N) is 1. The second-order valence-electron chi connectivity index (χ2n) is 6.07. The topological polar surface area (TPSA) is 75.8 Å². The van der Waals surface area contributed by atoms with E-state index in [1.54, 1.807) is 4.90 Å². The Balaban J connectivity index is 2.58. The van der Waals surface area contributed by atoms with Crippen molar-refractivity contribution >= 4 is 6.09 Å². The van der Waals surface area contributed by atoms with Gasteiger partial charge < -0.3 is 20.5 Å². The lowest BCUT2D eigenvalue weighted by atomic mass is 9.84. The van der Waals surface area contributed by atoms with Crippen LogP contribution in [0.15, 0.2) is 0 Å². The summed E-state index contributed by atoms with van der Waals surface area (Å²) in [6.07, 6.45) is 1.08. The summed E-state index contributed by atoms with van der Waals surface area (Å²) in [5.74, 6) is 0.0417. The normalized spacial score (nSPS) is 23.9. The molecule has 1 heterocycles. The molecule has 0 aromatic rings. The molecule has 106 valence electrons. The quantitative estimate of drug-likeness (QED) is 0.801. The molecule has 5 nitrogen and oxygen atoms in total. The second kappa shape index (κ2) is 5.45. The molecule has 1 aliphatic rings. The van der Waals surface area contributed by atoms with Crippen molar-refractivity contribution in [2.24, 2.45) is 11.7 Å². The van der Waals surface area contributed by atoms with Gasteiger partial charge in [-0.2, -0.15) is 0 Å². The van der Waals surface area contributed by atoms with Gasteiger partial charge in [-0.15, -0.1) is 0 Å². The molecule has 2 atom stereocenters. The molecule has 3 N–H and O–H groups in total. The Kier molecular flexibility index (Phi) is 4.61. The fourth-order valence-electron chi connectivity index (χ4n) is 2.29. The van der Waals surface area contributed by atoms with Gasteiger partial charge in [0.2, 0.25) is 0 Å². The first kappa shape index (κ1) is 15.2. The number of carbonyl (C=O) groups excluding carboxylic acids is 1. The minimum absolute atomic E-state index is 0.0417. The minimum atomic E-state index is -0.864. The van der Waals surface area contributed by atoms with E-state index in [4.69, 9.17) is 10.5 Å². The van der Waals surface area contributed by atoms with Gasteiger partial charge in [-0.3, -0.25) is 0 Å².